The molecular formula is C23H16N2O. The Labute approximate surface area is 150 Å². The van der Waals surface area contributed by atoms with Crippen LogP contribution in [0.25, 0.3) is 38.3 Å². The Morgan fingerprint density at radius 1 is 0.769 bits per heavy atom. The number of aromatic nitrogens is 2. The fourth-order valence-electron chi connectivity index (χ4n) is 3.71. The maximum Gasteiger partial charge on any atom is 0.264 e. The van der Waals surface area contributed by atoms with Gasteiger partial charge in [0.25, 0.3) is 5.56 Å². The number of aryl methyl sites for hydroxylation is 1. The first kappa shape index (κ1) is 14.8. The molecule has 3 aromatic carbocycles. The van der Waals surface area contributed by atoms with Crippen molar-refractivity contribution in [2.75, 3.05) is 0 Å². The molecule has 5 aromatic rings. The summed E-state index contributed by atoms with van der Waals surface area (Å²) in [6.07, 6.45) is 1.72. The topological polar surface area (TPSA) is 34.9 Å². The Morgan fingerprint density at radius 2 is 1.58 bits per heavy atom. The average molecular weight is 336 g/mol. The van der Waals surface area contributed by atoms with Gasteiger partial charge in [0.05, 0.1) is 5.52 Å². The maximum atomic E-state index is 13.5. The van der Waals surface area contributed by atoms with E-state index in [0.29, 0.717) is 5.82 Å². The van der Waals surface area contributed by atoms with Gasteiger partial charge in [0.15, 0.2) is 0 Å². The zero-order chi connectivity index (χ0) is 17.7. The van der Waals surface area contributed by atoms with Crippen molar-refractivity contribution >= 4 is 32.4 Å². The molecule has 0 radical (unpaired) electrons. The van der Waals surface area contributed by atoms with Crippen molar-refractivity contribution in [2.45, 2.75) is 6.92 Å². The van der Waals surface area contributed by atoms with Gasteiger partial charge in [0.1, 0.15) is 5.82 Å². The second-order valence-corrected chi connectivity index (χ2v) is 6.56. The van der Waals surface area contributed by atoms with Crippen molar-refractivity contribution in [2.24, 2.45) is 0 Å². The van der Waals surface area contributed by atoms with Gasteiger partial charge in [0.2, 0.25) is 0 Å². The molecule has 5 rings (SSSR count). The van der Waals surface area contributed by atoms with Crippen molar-refractivity contribution in [3.63, 3.8) is 0 Å². The summed E-state index contributed by atoms with van der Waals surface area (Å²) in [5.74, 6) is 0.641. The van der Waals surface area contributed by atoms with E-state index in [9.17, 15) is 4.79 Å². The zero-order valence-corrected chi connectivity index (χ0v) is 14.3. The van der Waals surface area contributed by atoms with Gasteiger partial charge < -0.3 is 0 Å². The minimum Gasteiger partial charge on any atom is -0.268 e. The number of nitrogens with zero attached hydrogens (tertiary/aromatic N) is 2. The Kier molecular flexibility index (Phi) is 3.16. The minimum atomic E-state index is -0.0359. The summed E-state index contributed by atoms with van der Waals surface area (Å²) >= 11 is 0. The summed E-state index contributed by atoms with van der Waals surface area (Å²) in [5.41, 5.74) is 1.94. The van der Waals surface area contributed by atoms with Crippen LogP contribution in [0.4, 0.5) is 0 Å². The van der Waals surface area contributed by atoms with Crippen LogP contribution in [0.15, 0.2) is 83.8 Å². The first-order valence-electron chi connectivity index (χ1n) is 8.62. The molecule has 0 N–H and O–H groups in total. The molecule has 0 spiro atoms. The molecule has 3 heteroatoms. The van der Waals surface area contributed by atoms with E-state index in [1.165, 1.54) is 0 Å². The normalized spacial score (nSPS) is 11.4. The van der Waals surface area contributed by atoms with Gasteiger partial charge in [-0.3, -0.25) is 9.36 Å². The fraction of sp³-hybridized carbons (Fsp3) is 0.0435. The van der Waals surface area contributed by atoms with Crippen LogP contribution in [0.2, 0.25) is 0 Å². The maximum absolute atomic E-state index is 13.5. The molecule has 0 saturated carbocycles. The number of hydrogen-bond donors (Lipinski definition) is 0. The van der Waals surface area contributed by atoms with Gasteiger partial charge in [-0.15, -0.1) is 0 Å². The van der Waals surface area contributed by atoms with Crippen molar-refractivity contribution in [3.05, 3.63) is 94.9 Å². The summed E-state index contributed by atoms with van der Waals surface area (Å²) in [5, 5.41) is 4.92. The molecule has 0 fully saturated rings. The van der Waals surface area contributed by atoms with Crippen LogP contribution in [0.3, 0.4) is 0 Å². The number of benzene rings is 3. The van der Waals surface area contributed by atoms with Crippen LogP contribution in [-0.4, -0.2) is 9.55 Å². The van der Waals surface area contributed by atoms with Crippen LogP contribution < -0.4 is 5.56 Å². The molecule has 3 nitrogen and oxygen atoms in total. The lowest BCUT2D eigenvalue weighted by atomic mass is 10.00. The standard InChI is InChI=1S/C23H16N2O/c1-15-9-11-18-19-12-10-16-6-2-3-7-17(16)22(19)25(23(26)20(18)14-15)21-8-4-5-13-24-21/h2-14H,1H3. The van der Waals surface area contributed by atoms with Gasteiger partial charge >= 0.3 is 0 Å². The molecule has 0 aliphatic carbocycles. The van der Waals surface area contributed by atoms with E-state index in [-0.39, 0.29) is 5.56 Å². The Bertz CT molecular complexity index is 1350. The Hall–Kier alpha value is -3.46. The van der Waals surface area contributed by atoms with Crippen molar-refractivity contribution in [1.29, 1.82) is 0 Å². The Balaban J connectivity index is 2.13. The van der Waals surface area contributed by atoms with E-state index >= 15 is 0 Å². The Morgan fingerprint density at radius 3 is 2.42 bits per heavy atom. The van der Waals surface area contributed by atoms with Crippen LogP contribution >= 0.6 is 0 Å². The molecule has 0 atom stereocenters. The lowest BCUT2D eigenvalue weighted by Gasteiger charge is -2.15. The third kappa shape index (κ3) is 2.07. The summed E-state index contributed by atoms with van der Waals surface area (Å²) in [7, 11) is 0. The van der Waals surface area contributed by atoms with Gasteiger partial charge in [0, 0.05) is 22.4 Å². The smallest absolute Gasteiger partial charge is 0.264 e. The van der Waals surface area contributed by atoms with E-state index in [1.54, 1.807) is 10.8 Å². The summed E-state index contributed by atoms with van der Waals surface area (Å²) in [4.78, 5) is 17.9. The molecule has 0 aliphatic rings. The molecular weight excluding hydrogens is 320 g/mol. The lowest BCUT2D eigenvalue weighted by molar-refractivity contribution is 1.00. The SMILES string of the molecule is Cc1ccc2c(c1)c(=O)n(-c1ccccn1)c1c3ccccc3ccc21. The molecule has 0 saturated heterocycles. The van der Waals surface area contributed by atoms with Crippen LogP contribution in [0.1, 0.15) is 5.56 Å². The second kappa shape index (κ2) is 5.53. The van der Waals surface area contributed by atoms with Gasteiger partial charge in [-0.2, -0.15) is 0 Å². The first-order valence-corrected chi connectivity index (χ1v) is 8.62. The van der Waals surface area contributed by atoms with E-state index in [0.717, 1.165) is 38.0 Å². The molecule has 2 heterocycles. The highest BCUT2D eigenvalue weighted by Gasteiger charge is 2.15. The van der Waals surface area contributed by atoms with Gasteiger partial charge in [-0.25, -0.2) is 4.98 Å². The summed E-state index contributed by atoms with van der Waals surface area (Å²) in [6.45, 7) is 2.01. The van der Waals surface area contributed by atoms with E-state index in [2.05, 4.69) is 35.3 Å². The third-order valence-corrected chi connectivity index (χ3v) is 4.90. The highest BCUT2D eigenvalue weighted by atomic mass is 16.1. The van der Waals surface area contributed by atoms with E-state index in [1.807, 2.05) is 49.4 Å². The molecule has 2 aromatic heterocycles. The van der Waals surface area contributed by atoms with E-state index < -0.39 is 0 Å². The van der Waals surface area contributed by atoms with Crippen molar-refractivity contribution in [3.8, 4) is 5.82 Å². The number of pyridine rings is 2. The molecule has 0 bridgehead atoms. The predicted octanol–water partition coefficient (Wildman–Crippen LogP) is 5.00. The third-order valence-electron chi connectivity index (χ3n) is 4.90. The van der Waals surface area contributed by atoms with Crippen LogP contribution in [0, 0.1) is 6.92 Å². The summed E-state index contributed by atoms with van der Waals surface area (Å²) in [6, 6.07) is 24.1. The predicted molar refractivity (Wildman–Crippen MR) is 107 cm³/mol. The molecule has 0 amide bonds. The number of rotatable bonds is 1. The minimum absolute atomic E-state index is 0.0359. The average Bonchev–Trinajstić information content (AvgIpc) is 2.69. The van der Waals surface area contributed by atoms with E-state index in [4.69, 9.17) is 0 Å². The van der Waals surface area contributed by atoms with Crippen LogP contribution in [-0.2, 0) is 0 Å². The van der Waals surface area contributed by atoms with Crippen LogP contribution in [0.5, 0.6) is 0 Å². The largest absolute Gasteiger partial charge is 0.268 e. The number of hydrogen-bond acceptors (Lipinski definition) is 2. The highest BCUT2D eigenvalue weighted by Crippen LogP contribution is 2.31. The monoisotopic (exact) mass is 336 g/mol. The molecule has 26 heavy (non-hydrogen) atoms. The highest BCUT2D eigenvalue weighted by molar-refractivity contribution is 6.15. The zero-order valence-electron chi connectivity index (χ0n) is 14.3. The molecule has 124 valence electrons. The molecule has 0 aliphatic heterocycles. The van der Waals surface area contributed by atoms with Gasteiger partial charge in [-0.1, -0.05) is 60.2 Å². The summed E-state index contributed by atoms with van der Waals surface area (Å²) < 4.78 is 1.75. The fourth-order valence-corrected chi connectivity index (χ4v) is 3.71. The van der Waals surface area contributed by atoms with Crippen molar-refractivity contribution < 1.29 is 0 Å². The first-order chi connectivity index (χ1) is 12.7. The molecule has 0 unspecified atom stereocenters. The van der Waals surface area contributed by atoms with Crippen molar-refractivity contribution in [1.82, 2.24) is 9.55 Å². The van der Waals surface area contributed by atoms with Gasteiger partial charge in [-0.05, 0) is 35.9 Å². The number of fused-ring (bicyclic) bond motifs is 5. The lowest BCUT2D eigenvalue weighted by Crippen LogP contribution is -2.20. The second-order valence-electron chi connectivity index (χ2n) is 6.56. The quantitative estimate of drug-likeness (QED) is 0.404.